The van der Waals surface area contributed by atoms with Gasteiger partial charge in [0.2, 0.25) is 0 Å². The predicted molar refractivity (Wildman–Crippen MR) is 182 cm³/mol. The molecule has 8 nitrogen and oxygen atoms in total. The molecule has 0 radical (unpaired) electrons. The average molecular weight is 645 g/mol. The number of rotatable bonds is 0. The third-order valence-corrected chi connectivity index (χ3v) is 9.54. The molecule has 244 valence electrons. The summed E-state index contributed by atoms with van der Waals surface area (Å²) in [6.45, 7) is 13.3. The van der Waals surface area contributed by atoms with Crippen molar-refractivity contribution in [1.82, 2.24) is 19.4 Å². The number of amides is 1. The number of benzene rings is 2. The first kappa shape index (κ1) is 32.1. The highest BCUT2D eigenvalue weighted by molar-refractivity contribution is 5.85. The van der Waals surface area contributed by atoms with Gasteiger partial charge in [-0.05, 0) is 96.2 Å². The van der Waals surface area contributed by atoms with Crippen molar-refractivity contribution in [2.24, 2.45) is 0 Å². The molecular weight excluding hydrogens is 600 g/mol. The Labute approximate surface area is 278 Å². The third kappa shape index (κ3) is 5.56. The minimum Gasteiger partial charge on any atom is -0.479 e. The lowest BCUT2D eigenvalue weighted by atomic mass is 9.86. The summed E-state index contributed by atoms with van der Waals surface area (Å²) in [7, 11) is 0. The summed E-state index contributed by atoms with van der Waals surface area (Å²) in [6, 6.07) is 25.2. The number of hydrogen-bond donors (Lipinski definition) is 1. The summed E-state index contributed by atoms with van der Waals surface area (Å²) in [4.78, 5) is 14.2. The Hall–Kier alpha value is -3.88. The molecule has 2 aromatic carbocycles. The first-order valence-electron chi connectivity index (χ1n) is 16.2. The maximum atomic E-state index is 12.4. The van der Waals surface area contributed by atoms with Gasteiger partial charge in [0.15, 0.2) is 11.2 Å². The number of likely N-dealkylation sites (tertiary alicyclic amines) is 1. The van der Waals surface area contributed by atoms with Crippen molar-refractivity contribution in [3.05, 3.63) is 95.6 Å². The number of fused-ring (bicyclic) bond motifs is 8. The molecule has 4 aromatic rings. The molecule has 1 N–H and O–H groups in total. The van der Waals surface area contributed by atoms with Gasteiger partial charge in [0.05, 0.1) is 22.8 Å². The molecule has 0 aliphatic carbocycles. The van der Waals surface area contributed by atoms with Crippen LogP contribution in [0.3, 0.4) is 0 Å². The van der Waals surface area contributed by atoms with Crippen molar-refractivity contribution in [2.75, 3.05) is 26.2 Å². The molecule has 2 fully saturated rings. The third-order valence-electron chi connectivity index (χ3n) is 9.54. The fraction of sp³-hybridized carbons (Fsp3) is 0.432. The number of nitrogens with one attached hydrogen (secondary N) is 1. The van der Waals surface area contributed by atoms with Gasteiger partial charge in [0.25, 0.3) is 0 Å². The van der Waals surface area contributed by atoms with Crippen LogP contribution in [0.2, 0.25) is 0 Å². The lowest BCUT2D eigenvalue weighted by Crippen LogP contribution is -2.50. The number of ether oxygens (including phenoxy) is 3. The Balaban J connectivity index is 0.000000165. The van der Waals surface area contributed by atoms with E-state index in [1.807, 2.05) is 39.0 Å². The monoisotopic (exact) mass is 644 g/mol. The van der Waals surface area contributed by atoms with E-state index in [0.29, 0.717) is 13.1 Å². The van der Waals surface area contributed by atoms with Crippen molar-refractivity contribution in [2.45, 2.75) is 77.1 Å². The maximum Gasteiger partial charge on any atom is 0.410 e. The minimum absolute atomic E-state index is 0. The van der Waals surface area contributed by atoms with E-state index in [9.17, 15) is 4.79 Å². The van der Waals surface area contributed by atoms with Gasteiger partial charge >= 0.3 is 6.09 Å². The van der Waals surface area contributed by atoms with Crippen molar-refractivity contribution in [3.8, 4) is 22.9 Å². The van der Waals surface area contributed by atoms with Gasteiger partial charge in [-0.15, -0.1) is 12.4 Å². The lowest BCUT2D eigenvalue weighted by molar-refractivity contribution is -0.0269. The molecule has 1 amide bonds. The van der Waals surface area contributed by atoms with Gasteiger partial charge in [0.1, 0.15) is 17.1 Å². The second kappa shape index (κ2) is 12.0. The van der Waals surface area contributed by atoms with Crippen LogP contribution in [0.25, 0.3) is 11.4 Å². The van der Waals surface area contributed by atoms with Crippen LogP contribution in [0, 0.1) is 13.8 Å². The second-order valence-corrected chi connectivity index (χ2v) is 13.7. The van der Waals surface area contributed by atoms with Gasteiger partial charge in [-0.2, -0.15) is 0 Å². The SMILES string of the molecule is Cc1ccc2n1-c1ccccc1OC21CCN(C(=O)OC(C)(C)C)CC1.Cc1ccc2n1-c1ccccc1OC21CCNCC1.Cl. The fourth-order valence-corrected chi connectivity index (χ4v) is 7.33. The van der Waals surface area contributed by atoms with Crippen LogP contribution >= 0.6 is 12.4 Å². The van der Waals surface area contributed by atoms with Crippen LogP contribution < -0.4 is 14.8 Å². The Morgan fingerprint density at radius 3 is 1.65 bits per heavy atom. The molecular formula is C37H45ClN4O4. The first-order valence-corrected chi connectivity index (χ1v) is 16.2. The van der Waals surface area contributed by atoms with Crippen molar-refractivity contribution in [1.29, 1.82) is 0 Å². The normalized spacial score (nSPS) is 18.3. The first-order chi connectivity index (χ1) is 21.6. The summed E-state index contributed by atoms with van der Waals surface area (Å²) in [5.41, 5.74) is 6.22. The molecule has 0 saturated carbocycles. The molecule has 2 saturated heterocycles. The Bertz CT molecular complexity index is 1720. The van der Waals surface area contributed by atoms with E-state index < -0.39 is 5.60 Å². The molecule has 4 aliphatic heterocycles. The van der Waals surface area contributed by atoms with Crippen LogP contribution in [0.5, 0.6) is 11.5 Å². The minimum atomic E-state index is -0.474. The van der Waals surface area contributed by atoms with Crippen LogP contribution in [-0.2, 0) is 15.9 Å². The summed E-state index contributed by atoms with van der Waals surface area (Å²) in [5.74, 6) is 1.92. The molecule has 46 heavy (non-hydrogen) atoms. The summed E-state index contributed by atoms with van der Waals surface area (Å²) >= 11 is 0. The molecule has 9 heteroatoms. The van der Waals surface area contributed by atoms with Crippen LogP contribution in [-0.4, -0.2) is 51.9 Å². The highest BCUT2D eigenvalue weighted by Crippen LogP contribution is 2.46. The number of para-hydroxylation sites is 4. The Morgan fingerprint density at radius 1 is 0.717 bits per heavy atom. The topological polar surface area (TPSA) is 69.9 Å². The number of aromatic nitrogens is 2. The quantitative estimate of drug-likeness (QED) is 0.214. The summed E-state index contributed by atoms with van der Waals surface area (Å²) in [5, 5.41) is 3.43. The van der Waals surface area contributed by atoms with Gasteiger partial charge < -0.3 is 33.6 Å². The van der Waals surface area contributed by atoms with Gasteiger partial charge in [0, 0.05) is 50.2 Å². The zero-order valence-electron chi connectivity index (χ0n) is 27.5. The maximum absolute atomic E-state index is 12.4. The molecule has 0 unspecified atom stereocenters. The molecule has 4 aliphatic rings. The molecule has 6 heterocycles. The van der Waals surface area contributed by atoms with E-state index in [4.69, 9.17) is 14.2 Å². The van der Waals surface area contributed by atoms with Crippen LogP contribution in [0.4, 0.5) is 4.79 Å². The second-order valence-electron chi connectivity index (χ2n) is 13.7. The molecule has 8 rings (SSSR count). The number of aryl methyl sites for hydroxylation is 2. The molecule has 2 aromatic heterocycles. The van der Waals surface area contributed by atoms with Gasteiger partial charge in [-0.1, -0.05) is 24.3 Å². The van der Waals surface area contributed by atoms with E-state index in [0.717, 1.165) is 56.0 Å². The number of piperidine rings is 2. The average Bonchev–Trinajstić information content (AvgIpc) is 3.62. The zero-order valence-corrected chi connectivity index (χ0v) is 28.3. The summed E-state index contributed by atoms with van der Waals surface area (Å²) in [6.07, 6.45) is 3.33. The number of carbonyl (C=O) groups is 1. The fourth-order valence-electron chi connectivity index (χ4n) is 7.33. The predicted octanol–water partition coefficient (Wildman–Crippen LogP) is 7.58. The van der Waals surface area contributed by atoms with E-state index in [1.54, 1.807) is 4.90 Å². The van der Waals surface area contributed by atoms with E-state index in [1.165, 1.54) is 28.5 Å². The molecule has 0 bridgehead atoms. The largest absolute Gasteiger partial charge is 0.479 e. The van der Waals surface area contributed by atoms with Crippen molar-refractivity contribution < 1.29 is 19.0 Å². The molecule has 2 spiro atoms. The van der Waals surface area contributed by atoms with Gasteiger partial charge in [-0.3, -0.25) is 0 Å². The number of carbonyl (C=O) groups excluding carboxylic acids is 1. The number of halogens is 1. The van der Waals surface area contributed by atoms with E-state index >= 15 is 0 Å². The smallest absolute Gasteiger partial charge is 0.410 e. The van der Waals surface area contributed by atoms with Crippen LogP contribution in [0.15, 0.2) is 72.8 Å². The summed E-state index contributed by atoms with van der Waals surface area (Å²) < 4.78 is 23.2. The standard InChI is InChI=1S/C21H26N2O3.C16H18N2O.ClH/c1-15-9-10-18-21(25-17-8-6-5-7-16(17)23(15)18)11-13-22(14-12-21)19(24)26-20(2,3)4;1-12-6-7-15-16(8-10-17-11-9-16)19-14-5-3-2-4-13(14)18(12)15;/h5-10H,11-14H2,1-4H3;2-7,17H,8-11H2,1H3;1H. The number of hydrogen-bond acceptors (Lipinski definition) is 5. The van der Waals surface area contributed by atoms with E-state index in [2.05, 4.69) is 82.9 Å². The molecule has 0 atom stereocenters. The zero-order chi connectivity index (χ0) is 31.4. The van der Waals surface area contributed by atoms with Crippen molar-refractivity contribution in [3.63, 3.8) is 0 Å². The highest BCUT2D eigenvalue weighted by atomic mass is 35.5. The lowest BCUT2D eigenvalue weighted by Gasteiger charge is -2.45. The van der Waals surface area contributed by atoms with Crippen molar-refractivity contribution >= 4 is 18.5 Å². The van der Waals surface area contributed by atoms with E-state index in [-0.39, 0.29) is 29.7 Å². The Kier molecular flexibility index (Phi) is 8.40. The highest BCUT2D eigenvalue weighted by Gasteiger charge is 2.46. The number of nitrogens with zero attached hydrogens (tertiary/aromatic N) is 3. The van der Waals surface area contributed by atoms with Gasteiger partial charge in [-0.25, -0.2) is 4.79 Å². The Morgan fingerprint density at radius 2 is 1.17 bits per heavy atom. The van der Waals surface area contributed by atoms with Crippen LogP contribution in [0.1, 0.15) is 69.2 Å².